The zero-order valence-corrected chi connectivity index (χ0v) is 21.7. The maximum Gasteiger partial charge on any atom is 0.254 e. The summed E-state index contributed by atoms with van der Waals surface area (Å²) in [7, 11) is 0. The minimum absolute atomic E-state index is 0.0264. The molecule has 4 heteroatoms. The van der Waals surface area contributed by atoms with Gasteiger partial charge in [-0.3, -0.25) is 9.59 Å². The Labute approximate surface area is 213 Å². The van der Waals surface area contributed by atoms with Crippen molar-refractivity contribution in [2.75, 3.05) is 13.1 Å². The van der Waals surface area contributed by atoms with Crippen molar-refractivity contribution in [1.29, 1.82) is 0 Å². The summed E-state index contributed by atoms with van der Waals surface area (Å²) in [6.45, 7) is 10.4. The summed E-state index contributed by atoms with van der Waals surface area (Å²) in [6, 6.07) is 20.2. The lowest BCUT2D eigenvalue weighted by molar-refractivity contribution is 0.0785. The number of likely N-dealkylation sites (tertiary alicyclic amines) is 1. The predicted molar refractivity (Wildman–Crippen MR) is 146 cm³/mol. The van der Waals surface area contributed by atoms with Crippen molar-refractivity contribution in [3.05, 3.63) is 106 Å². The Morgan fingerprint density at radius 2 is 1.64 bits per heavy atom. The summed E-state index contributed by atoms with van der Waals surface area (Å²) in [6.07, 6.45) is 3.89. The third kappa shape index (κ3) is 4.05. The Morgan fingerprint density at radius 1 is 0.889 bits per heavy atom. The molecule has 0 N–H and O–H groups in total. The zero-order chi connectivity index (χ0) is 25.4. The first kappa shape index (κ1) is 24.1. The number of aromatic nitrogens is 1. The van der Waals surface area contributed by atoms with Gasteiger partial charge in [-0.15, -0.1) is 0 Å². The van der Waals surface area contributed by atoms with Crippen molar-refractivity contribution in [1.82, 2.24) is 9.47 Å². The molecule has 1 atom stereocenters. The average Bonchev–Trinajstić information content (AvgIpc) is 3.53. The Balaban J connectivity index is 1.51. The monoisotopic (exact) mass is 478 g/mol. The Kier molecular flexibility index (Phi) is 6.53. The van der Waals surface area contributed by atoms with Crippen LogP contribution >= 0.6 is 0 Å². The van der Waals surface area contributed by atoms with Crippen LogP contribution in [0.25, 0.3) is 10.9 Å². The van der Waals surface area contributed by atoms with Crippen LogP contribution < -0.4 is 0 Å². The van der Waals surface area contributed by atoms with Gasteiger partial charge in [0.2, 0.25) is 0 Å². The number of benzene rings is 3. The van der Waals surface area contributed by atoms with Crippen LogP contribution in [0.4, 0.5) is 0 Å². The van der Waals surface area contributed by atoms with E-state index in [0.29, 0.717) is 36.2 Å². The van der Waals surface area contributed by atoms with E-state index in [1.165, 1.54) is 16.5 Å². The van der Waals surface area contributed by atoms with Gasteiger partial charge in [-0.1, -0.05) is 61.5 Å². The fourth-order valence-electron chi connectivity index (χ4n) is 5.76. The highest BCUT2D eigenvalue weighted by Gasteiger charge is 2.33. The second kappa shape index (κ2) is 9.77. The normalized spacial score (nSPS) is 15.6. The average molecular weight is 479 g/mol. The van der Waals surface area contributed by atoms with Crippen LogP contribution in [0.1, 0.15) is 74.7 Å². The smallest absolute Gasteiger partial charge is 0.254 e. The van der Waals surface area contributed by atoms with E-state index >= 15 is 0 Å². The van der Waals surface area contributed by atoms with E-state index in [0.717, 1.165) is 29.7 Å². The lowest BCUT2D eigenvalue weighted by atomic mass is 9.88. The predicted octanol–water partition coefficient (Wildman–Crippen LogP) is 6.70. The topological polar surface area (TPSA) is 42.3 Å². The molecule has 4 aromatic rings. The number of carbonyl (C=O) groups is 2. The van der Waals surface area contributed by atoms with Gasteiger partial charge in [0.15, 0.2) is 5.78 Å². The summed E-state index contributed by atoms with van der Waals surface area (Å²) >= 11 is 0. The van der Waals surface area contributed by atoms with E-state index in [2.05, 4.69) is 42.0 Å². The maximum absolute atomic E-state index is 14.0. The number of rotatable bonds is 6. The van der Waals surface area contributed by atoms with Gasteiger partial charge in [-0.2, -0.15) is 0 Å². The second-order valence-corrected chi connectivity index (χ2v) is 9.91. The molecule has 1 amide bonds. The van der Waals surface area contributed by atoms with Crippen molar-refractivity contribution in [3.8, 4) is 0 Å². The fourth-order valence-corrected chi connectivity index (χ4v) is 5.76. The zero-order valence-electron chi connectivity index (χ0n) is 21.7. The Morgan fingerprint density at radius 3 is 2.39 bits per heavy atom. The lowest BCUT2D eigenvalue weighted by Crippen LogP contribution is -2.31. The molecule has 3 aromatic carbocycles. The van der Waals surface area contributed by atoms with E-state index in [1.54, 1.807) is 0 Å². The standard InChI is InChI=1S/C32H34N2O2/c1-5-23-16-15-22(4)29(30(23)31(35)25-12-8-7-11-21(25)3)32(36)34-18-17-24(19-34)27-20-33(6-2)28-14-10-9-13-26(27)28/h7-16,20,24H,5-6,17-19H2,1-4H3. The van der Waals surface area contributed by atoms with Crippen molar-refractivity contribution in [3.63, 3.8) is 0 Å². The molecule has 4 nitrogen and oxygen atoms in total. The van der Waals surface area contributed by atoms with Gasteiger partial charge in [0.1, 0.15) is 0 Å². The largest absolute Gasteiger partial charge is 0.347 e. The van der Waals surface area contributed by atoms with Crippen LogP contribution in [0.15, 0.2) is 66.9 Å². The molecule has 0 bridgehead atoms. The van der Waals surface area contributed by atoms with Crippen molar-refractivity contribution < 1.29 is 9.59 Å². The third-order valence-electron chi connectivity index (χ3n) is 7.79. The van der Waals surface area contributed by atoms with E-state index in [9.17, 15) is 9.59 Å². The number of ketones is 1. The minimum atomic E-state index is -0.0567. The van der Waals surface area contributed by atoms with Crippen LogP contribution in [-0.4, -0.2) is 34.2 Å². The molecular formula is C32H34N2O2. The van der Waals surface area contributed by atoms with Crippen LogP contribution in [0.2, 0.25) is 0 Å². The number of amides is 1. The molecule has 1 saturated heterocycles. The number of hydrogen-bond donors (Lipinski definition) is 0. The van der Waals surface area contributed by atoms with Crippen LogP contribution in [0.5, 0.6) is 0 Å². The van der Waals surface area contributed by atoms with Gasteiger partial charge < -0.3 is 9.47 Å². The summed E-state index contributed by atoms with van der Waals surface area (Å²) in [5.74, 6) is 0.206. The van der Waals surface area contributed by atoms with Crippen molar-refractivity contribution in [2.45, 2.75) is 53.0 Å². The highest BCUT2D eigenvalue weighted by molar-refractivity contribution is 6.17. The lowest BCUT2D eigenvalue weighted by Gasteiger charge is -2.22. The Hall–Kier alpha value is -3.66. The molecule has 1 aliphatic rings. The van der Waals surface area contributed by atoms with Gasteiger partial charge in [0.05, 0.1) is 5.56 Å². The molecule has 0 saturated carbocycles. The number of carbonyl (C=O) groups excluding carboxylic acids is 2. The number of aryl methyl sites for hydroxylation is 4. The Bertz CT molecular complexity index is 1460. The SMILES string of the molecule is CCc1ccc(C)c(C(=O)N2CCC(c3cn(CC)c4ccccc34)C2)c1C(=O)c1ccccc1C. The first-order valence-electron chi connectivity index (χ1n) is 13.0. The van der Waals surface area contributed by atoms with Gasteiger partial charge in [0, 0.05) is 53.8 Å². The summed E-state index contributed by atoms with van der Waals surface area (Å²) in [5, 5.41) is 1.28. The van der Waals surface area contributed by atoms with Gasteiger partial charge in [-0.25, -0.2) is 0 Å². The highest BCUT2D eigenvalue weighted by Crippen LogP contribution is 2.35. The number of para-hydroxylation sites is 1. The van der Waals surface area contributed by atoms with Crippen LogP contribution in [-0.2, 0) is 13.0 Å². The third-order valence-corrected chi connectivity index (χ3v) is 7.79. The number of fused-ring (bicyclic) bond motifs is 1. The van der Waals surface area contributed by atoms with Crippen LogP contribution in [0.3, 0.4) is 0 Å². The van der Waals surface area contributed by atoms with E-state index < -0.39 is 0 Å². The van der Waals surface area contributed by atoms with Gasteiger partial charge >= 0.3 is 0 Å². The molecule has 0 radical (unpaired) electrons. The van der Waals surface area contributed by atoms with Crippen molar-refractivity contribution >= 4 is 22.6 Å². The van der Waals surface area contributed by atoms with Gasteiger partial charge in [0.25, 0.3) is 5.91 Å². The highest BCUT2D eigenvalue weighted by atomic mass is 16.2. The molecule has 1 aromatic heterocycles. The molecular weight excluding hydrogens is 444 g/mol. The minimum Gasteiger partial charge on any atom is -0.347 e. The molecule has 1 aliphatic heterocycles. The summed E-state index contributed by atoms with van der Waals surface area (Å²) < 4.78 is 2.29. The first-order chi connectivity index (χ1) is 17.4. The molecule has 5 rings (SSSR count). The summed E-state index contributed by atoms with van der Waals surface area (Å²) in [4.78, 5) is 29.8. The molecule has 0 aliphatic carbocycles. The van der Waals surface area contributed by atoms with E-state index in [4.69, 9.17) is 0 Å². The molecule has 1 unspecified atom stereocenters. The molecule has 36 heavy (non-hydrogen) atoms. The fraction of sp³-hybridized carbons (Fsp3) is 0.312. The quantitative estimate of drug-likeness (QED) is 0.289. The first-order valence-corrected chi connectivity index (χ1v) is 13.0. The van der Waals surface area contributed by atoms with Crippen LogP contribution in [0, 0.1) is 13.8 Å². The van der Waals surface area contributed by atoms with Crippen molar-refractivity contribution in [2.24, 2.45) is 0 Å². The summed E-state index contributed by atoms with van der Waals surface area (Å²) in [5.41, 5.74) is 7.09. The van der Waals surface area contributed by atoms with E-state index in [-0.39, 0.29) is 17.6 Å². The second-order valence-electron chi connectivity index (χ2n) is 9.91. The molecule has 2 heterocycles. The number of hydrogen-bond acceptors (Lipinski definition) is 2. The molecule has 1 fully saturated rings. The van der Waals surface area contributed by atoms with E-state index in [1.807, 2.05) is 62.1 Å². The maximum atomic E-state index is 14.0. The number of nitrogens with zero attached hydrogens (tertiary/aromatic N) is 2. The molecule has 0 spiro atoms. The van der Waals surface area contributed by atoms with Gasteiger partial charge in [-0.05, 0) is 61.9 Å². The molecule has 184 valence electrons.